The first kappa shape index (κ1) is 36.5. The number of benzene rings is 1. The lowest BCUT2D eigenvalue weighted by Gasteiger charge is -2.34. The van der Waals surface area contributed by atoms with E-state index in [-0.39, 0.29) is 17.7 Å². The summed E-state index contributed by atoms with van der Waals surface area (Å²) in [7, 11) is 0. The maximum absolute atomic E-state index is 12.8. The molecule has 0 atom stereocenters. The van der Waals surface area contributed by atoms with Gasteiger partial charge in [0.25, 0.3) is 0 Å². The van der Waals surface area contributed by atoms with Crippen molar-refractivity contribution in [3.8, 4) is 11.3 Å². The standard InChI is InChI=1S/C20H20N2O.C8H7F4N.3C2H6/c1-3-15-9-16(18-6-5-14(2)13-21-18)11-17(10-15)19-12-20(23-22-19)7-4-8-20;1-2-7-6(9)3-5(4-13-7)8(10,11)12;3*1-2/h3,5-6,9-11,13H,1,4,7-8,12H2,2H3;3-4H,2H2,1H3;3*1-2H3. The molecule has 0 amide bonds. The van der Waals surface area contributed by atoms with Gasteiger partial charge in [0.05, 0.1) is 22.7 Å². The Labute approximate surface area is 249 Å². The van der Waals surface area contributed by atoms with Crippen molar-refractivity contribution in [1.29, 1.82) is 0 Å². The molecular formula is C34H45F4N3O. The molecule has 0 bridgehead atoms. The number of aryl methyl sites for hydroxylation is 2. The SMILES string of the molecule is C=Cc1cc(C2=NOC3(CCC3)C2)cc(-c2ccc(C)cn2)c1.CC.CC.CC.CCc1ncc(C(F)(F)F)cc1F. The van der Waals surface area contributed by atoms with Crippen LogP contribution >= 0.6 is 0 Å². The van der Waals surface area contributed by atoms with Crippen LogP contribution in [0.1, 0.15) is 102 Å². The van der Waals surface area contributed by atoms with Gasteiger partial charge in [-0.05, 0) is 74.1 Å². The molecule has 2 aliphatic rings. The maximum atomic E-state index is 12.8. The van der Waals surface area contributed by atoms with E-state index in [1.165, 1.54) is 6.42 Å². The van der Waals surface area contributed by atoms with Crippen LogP contribution in [0.4, 0.5) is 17.6 Å². The van der Waals surface area contributed by atoms with Crippen molar-refractivity contribution in [2.45, 2.75) is 99.3 Å². The zero-order chi connectivity index (χ0) is 31.9. The normalized spacial score (nSPS) is 14.0. The third-order valence-electron chi connectivity index (χ3n) is 6.41. The van der Waals surface area contributed by atoms with Gasteiger partial charge in [-0.15, -0.1) is 0 Å². The number of pyridine rings is 2. The van der Waals surface area contributed by atoms with Crippen molar-refractivity contribution >= 4 is 11.8 Å². The zero-order valence-electron chi connectivity index (χ0n) is 26.2. The van der Waals surface area contributed by atoms with Gasteiger partial charge in [-0.3, -0.25) is 9.97 Å². The molecule has 0 unspecified atom stereocenters. The Hall–Kier alpha value is -3.55. The fourth-order valence-corrected chi connectivity index (χ4v) is 4.12. The summed E-state index contributed by atoms with van der Waals surface area (Å²) >= 11 is 0. The maximum Gasteiger partial charge on any atom is 0.417 e. The molecule has 8 heteroatoms. The molecule has 3 heterocycles. The first-order valence-corrected chi connectivity index (χ1v) is 14.8. The second-order valence-electron chi connectivity index (χ2n) is 9.12. The highest BCUT2D eigenvalue weighted by Gasteiger charge is 2.44. The van der Waals surface area contributed by atoms with E-state index in [1.54, 1.807) is 6.92 Å². The van der Waals surface area contributed by atoms with Gasteiger partial charge in [0.1, 0.15) is 11.4 Å². The highest BCUT2D eigenvalue weighted by Crippen LogP contribution is 2.43. The van der Waals surface area contributed by atoms with Crippen LogP contribution in [0.3, 0.4) is 0 Å². The highest BCUT2D eigenvalue weighted by atomic mass is 19.4. The van der Waals surface area contributed by atoms with Gasteiger partial charge in [0.2, 0.25) is 0 Å². The summed E-state index contributed by atoms with van der Waals surface area (Å²) in [6.07, 6.45) is 4.56. The molecule has 4 nitrogen and oxygen atoms in total. The van der Waals surface area contributed by atoms with Gasteiger partial charge >= 0.3 is 6.18 Å². The molecule has 1 aliphatic heterocycles. The first-order chi connectivity index (χ1) is 20.1. The molecule has 0 N–H and O–H groups in total. The number of hydrogen-bond donors (Lipinski definition) is 0. The second-order valence-corrected chi connectivity index (χ2v) is 9.12. The van der Waals surface area contributed by atoms with Crippen LogP contribution in [-0.2, 0) is 17.4 Å². The van der Waals surface area contributed by atoms with Crippen LogP contribution in [0, 0.1) is 12.7 Å². The minimum absolute atomic E-state index is 0.0121. The van der Waals surface area contributed by atoms with Gasteiger partial charge in [-0.1, -0.05) is 72.3 Å². The molecule has 0 radical (unpaired) electrons. The molecule has 2 aromatic heterocycles. The van der Waals surface area contributed by atoms with Gasteiger partial charge in [-0.2, -0.15) is 13.2 Å². The number of nitrogens with zero attached hydrogens (tertiary/aromatic N) is 3. The Morgan fingerprint density at radius 1 is 0.929 bits per heavy atom. The summed E-state index contributed by atoms with van der Waals surface area (Å²) in [6.45, 7) is 19.6. The zero-order valence-corrected chi connectivity index (χ0v) is 26.2. The summed E-state index contributed by atoms with van der Waals surface area (Å²) in [4.78, 5) is 13.6. The highest BCUT2D eigenvalue weighted by molar-refractivity contribution is 6.03. The summed E-state index contributed by atoms with van der Waals surface area (Å²) < 4.78 is 48.8. The summed E-state index contributed by atoms with van der Waals surface area (Å²) in [5.41, 5.74) is 5.45. The number of aromatic nitrogens is 2. The Balaban J connectivity index is 0.000000397. The van der Waals surface area contributed by atoms with E-state index in [0.29, 0.717) is 12.3 Å². The molecule has 1 saturated carbocycles. The van der Waals surface area contributed by atoms with Crippen LogP contribution in [0.15, 0.2) is 60.5 Å². The summed E-state index contributed by atoms with van der Waals surface area (Å²) in [5, 5.41) is 4.37. The van der Waals surface area contributed by atoms with Gasteiger partial charge in [0.15, 0.2) is 0 Å². The third kappa shape index (κ3) is 9.78. The number of hydrogen-bond acceptors (Lipinski definition) is 4. The monoisotopic (exact) mass is 587 g/mol. The van der Waals surface area contributed by atoms with Crippen LogP contribution in [0.5, 0.6) is 0 Å². The Morgan fingerprint density at radius 2 is 1.57 bits per heavy atom. The first-order valence-electron chi connectivity index (χ1n) is 14.8. The van der Waals surface area contributed by atoms with Gasteiger partial charge < -0.3 is 4.84 Å². The molecule has 42 heavy (non-hydrogen) atoms. The third-order valence-corrected chi connectivity index (χ3v) is 6.41. The van der Waals surface area contributed by atoms with Crippen molar-refractivity contribution in [2.24, 2.45) is 5.16 Å². The van der Waals surface area contributed by atoms with Crippen LogP contribution in [0.25, 0.3) is 17.3 Å². The Morgan fingerprint density at radius 3 is 2.02 bits per heavy atom. The van der Waals surface area contributed by atoms with Crippen molar-refractivity contribution < 1.29 is 22.4 Å². The lowest BCUT2D eigenvalue weighted by molar-refractivity contribution is -0.138. The van der Waals surface area contributed by atoms with E-state index in [0.717, 1.165) is 52.9 Å². The van der Waals surface area contributed by atoms with Crippen molar-refractivity contribution in [1.82, 2.24) is 9.97 Å². The predicted octanol–water partition coefficient (Wildman–Crippen LogP) is 10.6. The number of alkyl halides is 3. The lowest BCUT2D eigenvalue weighted by Crippen LogP contribution is -2.36. The smallest absolute Gasteiger partial charge is 0.389 e. The van der Waals surface area contributed by atoms with Crippen molar-refractivity contribution in [2.75, 3.05) is 0 Å². The average molecular weight is 588 g/mol. The number of halogens is 4. The molecule has 3 aromatic rings. The van der Waals surface area contributed by atoms with Gasteiger partial charge in [0, 0.05) is 29.9 Å². The molecule has 1 fully saturated rings. The molecular weight excluding hydrogens is 542 g/mol. The largest absolute Gasteiger partial charge is 0.417 e. The minimum Gasteiger partial charge on any atom is -0.389 e. The molecule has 1 aliphatic carbocycles. The summed E-state index contributed by atoms with van der Waals surface area (Å²) in [5.74, 6) is -0.905. The fourth-order valence-electron chi connectivity index (χ4n) is 4.12. The van der Waals surface area contributed by atoms with Crippen LogP contribution in [0.2, 0.25) is 0 Å². The molecule has 5 rings (SSSR count). The second kappa shape index (κ2) is 17.4. The molecule has 230 valence electrons. The predicted molar refractivity (Wildman–Crippen MR) is 166 cm³/mol. The summed E-state index contributed by atoms with van der Waals surface area (Å²) in [6, 6.07) is 11.0. The van der Waals surface area contributed by atoms with Crippen molar-refractivity contribution in [3.05, 3.63) is 89.1 Å². The van der Waals surface area contributed by atoms with Crippen molar-refractivity contribution in [3.63, 3.8) is 0 Å². The van der Waals surface area contributed by atoms with E-state index in [2.05, 4.69) is 52.0 Å². The quantitative estimate of drug-likeness (QED) is 0.285. The fraction of sp³-hybridized carbons (Fsp3) is 0.441. The lowest BCUT2D eigenvalue weighted by atomic mass is 9.76. The molecule has 0 saturated heterocycles. The molecule has 1 spiro atoms. The van der Waals surface area contributed by atoms with Crippen LogP contribution < -0.4 is 0 Å². The number of rotatable bonds is 4. The average Bonchev–Trinajstić information content (AvgIpc) is 3.47. The van der Waals surface area contributed by atoms with Gasteiger partial charge in [-0.25, -0.2) is 4.39 Å². The topological polar surface area (TPSA) is 47.4 Å². The van der Waals surface area contributed by atoms with E-state index in [1.807, 2.05) is 60.7 Å². The minimum atomic E-state index is -4.53. The van der Waals surface area contributed by atoms with E-state index in [9.17, 15) is 17.6 Å². The number of oxime groups is 1. The van der Waals surface area contributed by atoms with E-state index < -0.39 is 17.6 Å². The Kier molecular flexibility index (Phi) is 15.1. The Bertz CT molecular complexity index is 1280. The van der Waals surface area contributed by atoms with Crippen LogP contribution in [-0.4, -0.2) is 21.3 Å². The van der Waals surface area contributed by atoms with E-state index in [4.69, 9.17) is 4.84 Å². The van der Waals surface area contributed by atoms with E-state index >= 15 is 0 Å². The molecule has 1 aromatic carbocycles.